The van der Waals surface area contributed by atoms with Gasteiger partial charge in [0.2, 0.25) is 10.0 Å². The highest BCUT2D eigenvalue weighted by molar-refractivity contribution is 7.89. The van der Waals surface area contributed by atoms with Gasteiger partial charge in [-0.3, -0.25) is 0 Å². The lowest BCUT2D eigenvalue weighted by molar-refractivity contribution is -0.263. The quantitative estimate of drug-likeness (QED) is 0.710. The maximum atomic E-state index is 13.4. The van der Waals surface area contributed by atoms with Crippen molar-refractivity contribution in [3.63, 3.8) is 0 Å². The van der Waals surface area contributed by atoms with Gasteiger partial charge in [-0.2, -0.15) is 13.2 Å². The molecule has 2 N–H and O–H groups in total. The van der Waals surface area contributed by atoms with Crippen LogP contribution in [0.4, 0.5) is 13.2 Å². The summed E-state index contributed by atoms with van der Waals surface area (Å²) in [5, 5.41) is 10.2. The molecule has 0 heterocycles. The van der Waals surface area contributed by atoms with E-state index in [-0.39, 0.29) is 4.90 Å². The molecule has 9 heteroatoms. The lowest BCUT2D eigenvalue weighted by Gasteiger charge is -2.31. The van der Waals surface area contributed by atoms with E-state index in [1.807, 2.05) is 11.6 Å². The molecule has 5 nitrogen and oxygen atoms in total. The Kier molecular flexibility index (Phi) is 6.50. The molecule has 0 spiro atoms. The van der Waals surface area contributed by atoms with Crippen molar-refractivity contribution in [2.24, 2.45) is 0 Å². The second-order valence-corrected chi connectivity index (χ2v) is 7.64. The van der Waals surface area contributed by atoms with Gasteiger partial charge in [-0.1, -0.05) is 37.3 Å². The summed E-state index contributed by atoms with van der Waals surface area (Å²) >= 11 is 0. The number of benzene rings is 2. The van der Waals surface area contributed by atoms with Crippen molar-refractivity contribution in [1.29, 1.82) is 0 Å². The summed E-state index contributed by atoms with van der Waals surface area (Å²) in [6.07, 6.45) is -4.30. The van der Waals surface area contributed by atoms with Crippen molar-refractivity contribution < 1.29 is 31.4 Å². The molecule has 0 radical (unpaired) electrons. The van der Waals surface area contributed by atoms with Gasteiger partial charge in [0.05, 0.1) is 18.0 Å². The molecule has 2 rings (SSSR count). The lowest BCUT2D eigenvalue weighted by Crippen LogP contribution is -2.50. The van der Waals surface area contributed by atoms with Gasteiger partial charge in [0.25, 0.3) is 0 Å². The van der Waals surface area contributed by atoms with Crippen LogP contribution in [-0.2, 0) is 15.6 Å². The normalized spacial score (nSPS) is 14.6. The molecule has 0 fully saturated rings. The lowest BCUT2D eigenvalue weighted by atomic mass is 9.93. The minimum absolute atomic E-state index is 0.232. The second-order valence-electron chi connectivity index (χ2n) is 5.87. The van der Waals surface area contributed by atoms with Crippen LogP contribution in [0.3, 0.4) is 0 Å². The smallest absolute Gasteiger partial charge is 0.422 e. The summed E-state index contributed by atoms with van der Waals surface area (Å²) in [4.78, 5) is -0.232. The van der Waals surface area contributed by atoms with Crippen molar-refractivity contribution in [2.45, 2.75) is 30.0 Å². The third-order valence-corrected chi connectivity index (χ3v) is 5.26. The zero-order chi connectivity index (χ0) is 20.1. The summed E-state index contributed by atoms with van der Waals surface area (Å²) in [5.74, 6) is 0.451. The van der Waals surface area contributed by atoms with Crippen molar-refractivity contribution >= 4 is 10.0 Å². The molecule has 1 unspecified atom stereocenters. The van der Waals surface area contributed by atoms with Crippen LogP contribution in [0.25, 0.3) is 0 Å². The number of sulfonamides is 1. The second kappa shape index (κ2) is 8.28. The molecule has 0 aliphatic carbocycles. The van der Waals surface area contributed by atoms with Crippen LogP contribution < -0.4 is 9.46 Å². The molecule has 0 bridgehead atoms. The topological polar surface area (TPSA) is 75.6 Å². The number of halogens is 3. The molecule has 27 heavy (non-hydrogen) atoms. The highest BCUT2D eigenvalue weighted by atomic mass is 32.2. The highest BCUT2D eigenvalue weighted by Crippen LogP contribution is 2.38. The van der Waals surface area contributed by atoms with Crippen LogP contribution in [0.1, 0.15) is 18.9 Å². The Hall–Kier alpha value is -2.10. The number of aliphatic hydroxyl groups is 1. The summed E-state index contributed by atoms with van der Waals surface area (Å²) in [7, 11) is -4.26. The molecule has 0 saturated heterocycles. The average Bonchev–Trinajstić information content (AvgIpc) is 2.64. The molecule has 0 aliphatic heterocycles. The standard InChI is InChI=1S/C18H20F3NO4S/c1-2-12-26-15-8-10-16(11-9-15)27(24,25)22-13-17(23,18(19,20)21)14-6-4-3-5-7-14/h3-11,22-23H,2,12-13H2,1H3. The Morgan fingerprint density at radius 1 is 1.04 bits per heavy atom. The number of hydrogen-bond donors (Lipinski definition) is 2. The van der Waals surface area contributed by atoms with Crippen molar-refractivity contribution in [3.05, 3.63) is 60.2 Å². The number of ether oxygens (including phenoxy) is 1. The number of alkyl halides is 3. The van der Waals surface area contributed by atoms with Gasteiger partial charge in [-0.05, 0) is 36.2 Å². The predicted octanol–water partition coefficient (Wildman–Crippen LogP) is 3.20. The van der Waals surface area contributed by atoms with Gasteiger partial charge in [0.15, 0.2) is 5.60 Å². The fourth-order valence-electron chi connectivity index (χ4n) is 2.30. The van der Waals surface area contributed by atoms with Crippen LogP contribution in [-0.4, -0.2) is 32.9 Å². The first-order valence-electron chi connectivity index (χ1n) is 8.17. The highest BCUT2D eigenvalue weighted by Gasteiger charge is 2.55. The van der Waals surface area contributed by atoms with E-state index in [2.05, 4.69) is 0 Å². The summed E-state index contributed by atoms with van der Waals surface area (Å²) in [6.45, 7) is 1.12. The maximum absolute atomic E-state index is 13.4. The molecular weight excluding hydrogens is 383 g/mol. The summed E-state index contributed by atoms with van der Waals surface area (Å²) < 4.78 is 72.2. The van der Waals surface area contributed by atoms with E-state index in [1.165, 1.54) is 42.5 Å². The van der Waals surface area contributed by atoms with Crippen molar-refractivity contribution in [1.82, 2.24) is 4.72 Å². The Morgan fingerprint density at radius 3 is 2.15 bits per heavy atom. The van der Waals surface area contributed by atoms with Crippen molar-refractivity contribution in [3.8, 4) is 5.75 Å². The average molecular weight is 403 g/mol. The van der Waals surface area contributed by atoms with Gasteiger partial charge in [-0.15, -0.1) is 0 Å². The molecule has 0 aliphatic rings. The van der Waals surface area contributed by atoms with E-state index in [9.17, 15) is 26.7 Å². The number of hydrogen-bond acceptors (Lipinski definition) is 4. The zero-order valence-electron chi connectivity index (χ0n) is 14.5. The van der Waals surface area contributed by atoms with Crippen molar-refractivity contribution in [2.75, 3.05) is 13.2 Å². The molecule has 0 saturated carbocycles. The van der Waals surface area contributed by atoms with E-state index in [1.54, 1.807) is 0 Å². The van der Waals surface area contributed by atoms with Gasteiger partial charge < -0.3 is 9.84 Å². The van der Waals surface area contributed by atoms with E-state index in [0.29, 0.717) is 12.4 Å². The fourth-order valence-corrected chi connectivity index (χ4v) is 3.36. The molecule has 0 aromatic heterocycles. The van der Waals surface area contributed by atoms with Crippen LogP contribution in [0.5, 0.6) is 5.75 Å². The fraction of sp³-hybridized carbons (Fsp3) is 0.333. The van der Waals surface area contributed by atoms with Crippen LogP contribution in [0.15, 0.2) is 59.5 Å². The van der Waals surface area contributed by atoms with E-state index in [4.69, 9.17) is 4.74 Å². The molecule has 0 amide bonds. The zero-order valence-corrected chi connectivity index (χ0v) is 15.3. The minimum atomic E-state index is -5.07. The molecule has 1 atom stereocenters. The monoisotopic (exact) mass is 403 g/mol. The van der Waals surface area contributed by atoms with Crippen LogP contribution in [0, 0.1) is 0 Å². The van der Waals surface area contributed by atoms with Gasteiger partial charge >= 0.3 is 6.18 Å². The van der Waals surface area contributed by atoms with E-state index >= 15 is 0 Å². The first-order valence-corrected chi connectivity index (χ1v) is 9.65. The molecule has 148 valence electrons. The van der Waals surface area contributed by atoms with Gasteiger partial charge in [0.1, 0.15) is 5.75 Å². The Bertz CT molecular complexity index is 839. The number of nitrogens with one attached hydrogen (secondary N) is 1. The van der Waals surface area contributed by atoms with Crippen LogP contribution in [0.2, 0.25) is 0 Å². The third-order valence-electron chi connectivity index (χ3n) is 3.85. The Labute approximate surface area is 155 Å². The summed E-state index contributed by atoms with van der Waals surface area (Å²) in [6, 6.07) is 11.6. The molecular formula is C18H20F3NO4S. The van der Waals surface area contributed by atoms with Crippen LogP contribution >= 0.6 is 0 Å². The van der Waals surface area contributed by atoms with E-state index in [0.717, 1.165) is 18.6 Å². The maximum Gasteiger partial charge on any atom is 0.422 e. The number of rotatable bonds is 8. The third kappa shape index (κ3) is 5.00. The predicted molar refractivity (Wildman–Crippen MR) is 93.8 cm³/mol. The first kappa shape index (κ1) is 21.2. The molecule has 2 aromatic carbocycles. The molecule has 2 aromatic rings. The largest absolute Gasteiger partial charge is 0.494 e. The Balaban J connectivity index is 2.21. The minimum Gasteiger partial charge on any atom is -0.494 e. The van der Waals surface area contributed by atoms with Gasteiger partial charge in [0, 0.05) is 0 Å². The SMILES string of the molecule is CCCOc1ccc(S(=O)(=O)NCC(O)(c2ccccc2)C(F)(F)F)cc1. The summed E-state index contributed by atoms with van der Waals surface area (Å²) in [5.41, 5.74) is -3.81. The van der Waals surface area contributed by atoms with E-state index < -0.39 is 33.9 Å². The first-order chi connectivity index (χ1) is 12.6. The Morgan fingerprint density at radius 2 is 1.63 bits per heavy atom. The van der Waals surface area contributed by atoms with Gasteiger partial charge in [-0.25, -0.2) is 13.1 Å².